The maximum Gasteiger partial charge on any atom is 0.231 e. The number of hydrogen-bond donors (Lipinski definition) is 2. The fraction of sp³-hybridized carbons (Fsp3) is 0.350. The quantitative estimate of drug-likeness (QED) is 0.891. The summed E-state index contributed by atoms with van der Waals surface area (Å²) in [6.45, 7) is 2.42. The van der Waals surface area contributed by atoms with E-state index in [9.17, 15) is 5.11 Å². The Hall–Kier alpha value is -2.53. The van der Waals surface area contributed by atoms with Crippen LogP contribution in [-0.2, 0) is 0 Å². The third kappa shape index (κ3) is 3.20. The van der Waals surface area contributed by atoms with Gasteiger partial charge in [0.1, 0.15) is 11.9 Å². The SMILES string of the molecule is CCCC1N=C(c2ccc3c(c2)OCO3)CC(c2ccccc2O)N1. The van der Waals surface area contributed by atoms with Gasteiger partial charge in [-0.25, -0.2) is 0 Å². The van der Waals surface area contributed by atoms with Gasteiger partial charge in [-0.15, -0.1) is 0 Å². The first-order valence-electron chi connectivity index (χ1n) is 8.75. The van der Waals surface area contributed by atoms with Crippen molar-refractivity contribution in [3.63, 3.8) is 0 Å². The molecule has 0 amide bonds. The highest BCUT2D eigenvalue weighted by molar-refractivity contribution is 6.02. The molecule has 2 unspecified atom stereocenters. The van der Waals surface area contributed by atoms with Crippen molar-refractivity contribution in [2.24, 2.45) is 4.99 Å². The van der Waals surface area contributed by atoms with Crippen molar-refractivity contribution in [2.75, 3.05) is 6.79 Å². The largest absolute Gasteiger partial charge is 0.508 e. The molecule has 5 heteroatoms. The Labute approximate surface area is 147 Å². The second-order valence-corrected chi connectivity index (χ2v) is 6.43. The molecule has 2 aliphatic rings. The Kier molecular flexibility index (Phi) is 4.32. The van der Waals surface area contributed by atoms with Crippen LogP contribution in [0.1, 0.15) is 43.4 Å². The van der Waals surface area contributed by atoms with Gasteiger partial charge < -0.3 is 14.6 Å². The van der Waals surface area contributed by atoms with Crippen molar-refractivity contribution in [1.82, 2.24) is 5.32 Å². The van der Waals surface area contributed by atoms with E-state index >= 15 is 0 Å². The number of phenolic OH excluding ortho intramolecular Hbond substituents is 1. The Morgan fingerprint density at radius 1 is 1.16 bits per heavy atom. The first kappa shape index (κ1) is 16.0. The van der Waals surface area contributed by atoms with Crippen LogP contribution in [-0.4, -0.2) is 23.8 Å². The lowest BCUT2D eigenvalue weighted by Crippen LogP contribution is -2.38. The zero-order valence-corrected chi connectivity index (χ0v) is 14.2. The lowest BCUT2D eigenvalue weighted by atomic mass is 9.94. The standard InChI is InChI=1S/C20H22N2O3/c1-2-5-20-21-15(13-8-9-18-19(10-13)25-12-24-18)11-16(22-20)14-6-3-4-7-17(14)23/h3-4,6-10,16,20,22-23H,2,5,11-12H2,1H3. The predicted molar refractivity (Wildman–Crippen MR) is 96.4 cm³/mol. The van der Waals surface area contributed by atoms with Crippen LogP contribution in [0.4, 0.5) is 0 Å². The van der Waals surface area contributed by atoms with E-state index in [4.69, 9.17) is 14.5 Å². The minimum Gasteiger partial charge on any atom is -0.508 e. The second kappa shape index (κ2) is 6.76. The van der Waals surface area contributed by atoms with Crippen LogP contribution in [0.25, 0.3) is 0 Å². The van der Waals surface area contributed by atoms with E-state index < -0.39 is 0 Å². The van der Waals surface area contributed by atoms with Crippen LogP contribution >= 0.6 is 0 Å². The molecule has 2 aromatic carbocycles. The Morgan fingerprint density at radius 2 is 2.00 bits per heavy atom. The molecule has 25 heavy (non-hydrogen) atoms. The number of para-hydroxylation sites is 1. The van der Waals surface area contributed by atoms with Gasteiger partial charge in [0.2, 0.25) is 6.79 Å². The van der Waals surface area contributed by atoms with Crippen LogP contribution in [0.15, 0.2) is 47.5 Å². The average Bonchev–Trinajstić information content (AvgIpc) is 3.10. The van der Waals surface area contributed by atoms with E-state index in [1.165, 1.54) is 0 Å². The minimum atomic E-state index is 0.0377. The minimum absolute atomic E-state index is 0.0377. The van der Waals surface area contributed by atoms with Crippen molar-refractivity contribution in [2.45, 2.75) is 38.4 Å². The zero-order chi connectivity index (χ0) is 17.2. The lowest BCUT2D eigenvalue weighted by Gasteiger charge is -2.30. The van der Waals surface area contributed by atoms with Crippen LogP contribution in [0.5, 0.6) is 17.2 Å². The van der Waals surface area contributed by atoms with Crippen LogP contribution in [0.2, 0.25) is 0 Å². The number of benzene rings is 2. The molecule has 5 nitrogen and oxygen atoms in total. The fourth-order valence-electron chi connectivity index (χ4n) is 3.43. The van der Waals surface area contributed by atoms with Gasteiger partial charge in [0.25, 0.3) is 0 Å². The van der Waals surface area contributed by atoms with E-state index in [-0.39, 0.29) is 19.0 Å². The molecule has 0 radical (unpaired) electrons. The van der Waals surface area contributed by atoms with Gasteiger partial charge in [-0.3, -0.25) is 10.3 Å². The van der Waals surface area contributed by atoms with Gasteiger partial charge in [0.15, 0.2) is 11.5 Å². The number of nitrogens with zero attached hydrogens (tertiary/aromatic N) is 1. The summed E-state index contributed by atoms with van der Waals surface area (Å²) in [5.41, 5.74) is 2.99. The molecule has 2 heterocycles. The number of ether oxygens (including phenoxy) is 2. The summed E-state index contributed by atoms with van der Waals surface area (Å²) < 4.78 is 10.9. The molecule has 2 aromatic rings. The predicted octanol–water partition coefficient (Wildman–Crippen LogP) is 3.77. The van der Waals surface area contributed by atoms with Crippen molar-refractivity contribution in [3.05, 3.63) is 53.6 Å². The Morgan fingerprint density at radius 3 is 2.84 bits per heavy atom. The van der Waals surface area contributed by atoms with Gasteiger partial charge >= 0.3 is 0 Å². The van der Waals surface area contributed by atoms with Gasteiger partial charge in [-0.1, -0.05) is 31.5 Å². The van der Waals surface area contributed by atoms with E-state index in [0.717, 1.165) is 47.6 Å². The van der Waals surface area contributed by atoms with Gasteiger partial charge in [0, 0.05) is 23.7 Å². The smallest absolute Gasteiger partial charge is 0.231 e. The monoisotopic (exact) mass is 338 g/mol. The summed E-state index contributed by atoms with van der Waals surface area (Å²) in [5, 5.41) is 13.8. The van der Waals surface area contributed by atoms with Crippen molar-refractivity contribution in [3.8, 4) is 17.2 Å². The van der Waals surface area contributed by atoms with Gasteiger partial charge in [-0.2, -0.15) is 0 Å². The maximum absolute atomic E-state index is 10.2. The highest BCUT2D eigenvalue weighted by Crippen LogP contribution is 2.35. The van der Waals surface area contributed by atoms with Crippen molar-refractivity contribution < 1.29 is 14.6 Å². The molecule has 0 spiro atoms. The molecular weight excluding hydrogens is 316 g/mol. The Bertz CT molecular complexity index is 803. The van der Waals surface area contributed by atoms with Crippen LogP contribution < -0.4 is 14.8 Å². The first-order chi connectivity index (χ1) is 12.2. The molecule has 2 N–H and O–H groups in total. The molecule has 4 rings (SSSR count). The molecule has 0 saturated carbocycles. The summed E-state index contributed by atoms with van der Waals surface area (Å²) in [5.74, 6) is 1.87. The highest BCUT2D eigenvalue weighted by Gasteiger charge is 2.27. The van der Waals surface area contributed by atoms with Crippen LogP contribution in [0.3, 0.4) is 0 Å². The highest BCUT2D eigenvalue weighted by atomic mass is 16.7. The number of aliphatic imine (C=N–C) groups is 1. The van der Waals surface area contributed by atoms with Gasteiger partial charge in [-0.05, 0) is 36.2 Å². The van der Waals surface area contributed by atoms with E-state index in [2.05, 4.69) is 12.2 Å². The molecule has 2 atom stereocenters. The molecule has 130 valence electrons. The van der Waals surface area contributed by atoms with E-state index in [1.807, 2.05) is 36.4 Å². The zero-order valence-electron chi connectivity index (χ0n) is 14.2. The van der Waals surface area contributed by atoms with Gasteiger partial charge in [0.05, 0.1) is 0 Å². The number of rotatable bonds is 4. The van der Waals surface area contributed by atoms with Crippen molar-refractivity contribution >= 4 is 5.71 Å². The average molecular weight is 338 g/mol. The van der Waals surface area contributed by atoms with Crippen LogP contribution in [0, 0.1) is 0 Å². The van der Waals surface area contributed by atoms with E-state index in [0.29, 0.717) is 5.75 Å². The normalized spacial score (nSPS) is 21.9. The second-order valence-electron chi connectivity index (χ2n) is 6.43. The van der Waals surface area contributed by atoms with Crippen molar-refractivity contribution in [1.29, 1.82) is 0 Å². The third-order valence-electron chi connectivity index (χ3n) is 4.68. The topological polar surface area (TPSA) is 63.1 Å². The first-order valence-corrected chi connectivity index (χ1v) is 8.75. The summed E-state index contributed by atoms with van der Waals surface area (Å²) in [6, 6.07) is 13.5. The molecule has 0 fully saturated rings. The third-order valence-corrected chi connectivity index (χ3v) is 4.68. The molecular formula is C20H22N2O3. The summed E-state index contributed by atoms with van der Waals surface area (Å²) in [6.07, 6.45) is 2.77. The summed E-state index contributed by atoms with van der Waals surface area (Å²) in [4.78, 5) is 4.90. The number of hydrogen-bond acceptors (Lipinski definition) is 5. The molecule has 2 aliphatic heterocycles. The number of fused-ring (bicyclic) bond motifs is 1. The number of phenols is 1. The molecule has 0 bridgehead atoms. The summed E-state index contributed by atoms with van der Waals surface area (Å²) >= 11 is 0. The Balaban J connectivity index is 1.67. The number of aromatic hydroxyl groups is 1. The summed E-state index contributed by atoms with van der Waals surface area (Å²) in [7, 11) is 0. The maximum atomic E-state index is 10.2. The molecule has 0 saturated heterocycles. The lowest BCUT2D eigenvalue weighted by molar-refractivity contribution is 0.174. The number of nitrogens with one attached hydrogen (secondary N) is 1. The molecule has 0 aliphatic carbocycles. The molecule has 0 aromatic heterocycles. The van der Waals surface area contributed by atoms with E-state index in [1.54, 1.807) is 6.07 Å². The fourth-order valence-corrected chi connectivity index (χ4v) is 3.43.